The Labute approximate surface area is 155 Å². The van der Waals surface area contributed by atoms with Gasteiger partial charge < -0.3 is 25.0 Å². The molecule has 0 spiro atoms. The van der Waals surface area contributed by atoms with Gasteiger partial charge in [-0.15, -0.1) is 0 Å². The average molecular weight is 365 g/mol. The Morgan fingerprint density at radius 2 is 1.77 bits per heavy atom. The van der Waals surface area contributed by atoms with E-state index in [-0.39, 0.29) is 41.6 Å². The molecule has 1 aromatic rings. The van der Waals surface area contributed by atoms with Gasteiger partial charge in [0.05, 0.1) is 13.2 Å². The first-order valence-electron chi connectivity index (χ1n) is 8.93. The van der Waals surface area contributed by atoms with Crippen LogP contribution in [-0.2, 0) is 14.3 Å². The third-order valence-electron chi connectivity index (χ3n) is 4.50. The summed E-state index contributed by atoms with van der Waals surface area (Å²) in [6.07, 6.45) is 2.63. The molecule has 146 valence electrons. The summed E-state index contributed by atoms with van der Waals surface area (Å²) in [7, 11) is 6.85. The van der Waals surface area contributed by atoms with E-state index >= 15 is 0 Å². The molecule has 0 aromatic heterocycles. The van der Waals surface area contributed by atoms with Gasteiger partial charge in [-0.3, -0.25) is 4.79 Å². The standard InChI is InChI=1S/C16H18O5.C2H7N.C2H6/c1-20-13-5-8-6-14(21-2)12(18)7-10(8)15-9(13)3-4-11(17)16(15)19;1-3-2;1-2/h3-4,6,8,10,13,17,19H,5,7H2,1-2H3;3H,1-2H3;1-2H3. The summed E-state index contributed by atoms with van der Waals surface area (Å²) >= 11 is 0. The zero-order chi connectivity index (χ0) is 19.9. The number of allylic oxidation sites excluding steroid dienone is 2. The molecule has 3 unspecified atom stereocenters. The van der Waals surface area contributed by atoms with Gasteiger partial charge in [0.25, 0.3) is 0 Å². The topological polar surface area (TPSA) is 88.0 Å². The zero-order valence-electron chi connectivity index (χ0n) is 16.5. The highest BCUT2D eigenvalue weighted by Gasteiger charge is 2.41. The smallest absolute Gasteiger partial charge is 0.197 e. The molecule has 3 N–H and O–H groups in total. The summed E-state index contributed by atoms with van der Waals surface area (Å²) in [6, 6.07) is 3.22. The van der Waals surface area contributed by atoms with Gasteiger partial charge in [-0.25, -0.2) is 0 Å². The Kier molecular flexibility index (Phi) is 8.61. The van der Waals surface area contributed by atoms with E-state index in [9.17, 15) is 15.0 Å². The number of methoxy groups -OCH3 is 2. The van der Waals surface area contributed by atoms with E-state index in [1.165, 1.54) is 13.2 Å². The fourth-order valence-electron chi connectivity index (χ4n) is 3.47. The van der Waals surface area contributed by atoms with Crippen LogP contribution in [0.1, 0.15) is 49.8 Å². The fourth-order valence-corrected chi connectivity index (χ4v) is 3.47. The highest BCUT2D eigenvalue weighted by molar-refractivity contribution is 5.95. The minimum Gasteiger partial charge on any atom is -0.504 e. The van der Waals surface area contributed by atoms with Crippen LogP contribution in [0.4, 0.5) is 0 Å². The predicted octanol–water partition coefficient (Wildman–Crippen LogP) is 3.25. The van der Waals surface area contributed by atoms with E-state index in [0.717, 1.165) is 12.0 Å². The Balaban J connectivity index is 0.000000615. The van der Waals surface area contributed by atoms with Crippen molar-refractivity contribution >= 4 is 5.78 Å². The molecule has 6 nitrogen and oxygen atoms in total. The minimum absolute atomic E-state index is 0.0443. The molecule has 0 bridgehead atoms. The summed E-state index contributed by atoms with van der Waals surface area (Å²) in [4.78, 5) is 12.1. The average Bonchev–Trinajstić information content (AvgIpc) is 2.65. The van der Waals surface area contributed by atoms with Crippen LogP contribution in [0.2, 0.25) is 0 Å². The van der Waals surface area contributed by atoms with E-state index in [0.29, 0.717) is 11.3 Å². The van der Waals surface area contributed by atoms with E-state index in [4.69, 9.17) is 9.47 Å². The Bertz CT molecular complexity index is 641. The number of Topliss-reactive ketones (excluding diaryl/α,β-unsaturated/α-hetero) is 1. The first kappa shape index (κ1) is 22.0. The number of fused-ring (bicyclic) bond motifs is 3. The second-order valence-electron chi connectivity index (χ2n) is 6.03. The minimum atomic E-state index is -0.171. The molecule has 2 aliphatic rings. The van der Waals surface area contributed by atoms with Gasteiger partial charge in [-0.2, -0.15) is 0 Å². The number of ketones is 1. The Morgan fingerprint density at radius 1 is 1.15 bits per heavy atom. The monoisotopic (exact) mass is 365 g/mol. The van der Waals surface area contributed by atoms with Crippen LogP contribution in [0.3, 0.4) is 0 Å². The lowest BCUT2D eigenvalue weighted by molar-refractivity contribution is -0.120. The largest absolute Gasteiger partial charge is 0.504 e. The molecule has 0 heterocycles. The van der Waals surface area contributed by atoms with E-state index in [2.05, 4.69) is 5.32 Å². The molecule has 26 heavy (non-hydrogen) atoms. The SMILES string of the molecule is CC.CNC.COC1=CC2CC(OC)c3ccc(O)c(O)c3C2CC1=O. The second-order valence-corrected chi connectivity index (χ2v) is 6.03. The molecule has 1 aromatic carbocycles. The van der Waals surface area contributed by atoms with Gasteiger partial charge in [0.15, 0.2) is 23.0 Å². The summed E-state index contributed by atoms with van der Waals surface area (Å²) < 4.78 is 10.6. The summed E-state index contributed by atoms with van der Waals surface area (Å²) in [5, 5.41) is 22.8. The van der Waals surface area contributed by atoms with Gasteiger partial charge in [0, 0.05) is 25.0 Å². The predicted molar refractivity (Wildman–Crippen MR) is 101 cm³/mol. The molecule has 3 atom stereocenters. The van der Waals surface area contributed by atoms with Crippen molar-refractivity contribution in [1.29, 1.82) is 0 Å². The zero-order valence-corrected chi connectivity index (χ0v) is 16.5. The fraction of sp³-hybridized carbons (Fsp3) is 0.550. The van der Waals surface area contributed by atoms with Crippen molar-refractivity contribution in [1.82, 2.24) is 5.32 Å². The Hall–Kier alpha value is -2.05. The lowest BCUT2D eigenvalue weighted by Gasteiger charge is -2.38. The van der Waals surface area contributed by atoms with Crippen LogP contribution < -0.4 is 5.32 Å². The maximum absolute atomic E-state index is 12.1. The van der Waals surface area contributed by atoms with Gasteiger partial charge in [-0.05, 0) is 44.1 Å². The number of carbonyl (C=O) groups excluding carboxylic acids is 1. The normalized spacial score (nSPS) is 23.2. The summed E-state index contributed by atoms with van der Waals surface area (Å²) in [5.74, 6) is -0.130. The number of ether oxygens (including phenoxy) is 2. The molecule has 6 heteroatoms. The maximum atomic E-state index is 12.1. The van der Waals surface area contributed by atoms with Crippen LogP contribution in [0, 0.1) is 5.92 Å². The van der Waals surface area contributed by atoms with Gasteiger partial charge in [0.1, 0.15) is 0 Å². The van der Waals surface area contributed by atoms with Gasteiger partial charge >= 0.3 is 0 Å². The van der Waals surface area contributed by atoms with Crippen molar-refractivity contribution in [3.05, 3.63) is 35.1 Å². The van der Waals surface area contributed by atoms with Crippen molar-refractivity contribution in [2.24, 2.45) is 5.92 Å². The molecular weight excluding hydrogens is 334 g/mol. The van der Waals surface area contributed by atoms with E-state index in [1.807, 2.05) is 34.0 Å². The molecule has 0 radical (unpaired) electrons. The van der Waals surface area contributed by atoms with Crippen molar-refractivity contribution in [2.75, 3.05) is 28.3 Å². The number of hydrogen-bond donors (Lipinski definition) is 3. The first-order chi connectivity index (χ1) is 12.5. The second kappa shape index (κ2) is 10.2. The third kappa shape index (κ3) is 4.37. The summed E-state index contributed by atoms with van der Waals surface area (Å²) in [6.45, 7) is 4.00. The van der Waals surface area contributed by atoms with E-state index in [1.54, 1.807) is 13.2 Å². The summed E-state index contributed by atoms with van der Waals surface area (Å²) in [5.41, 5.74) is 1.47. The lowest BCUT2D eigenvalue weighted by atomic mass is 9.68. The molecule has 3 rings (SSSR count). The number of benzene rings is 1. The van der Waals surface area contributed by atoms with Crippen molar-refractivity contribution < 1.29 is 24.5 Å². The highest BCUT2D eigenvalue weighted by Crippen LogP contribution is 2.52. The number of hydrogen-bond acceptors (Lipinski definition) is 6. The molecular formula is C20H31NO5. The van der Waals surface area contributed by atoms with E-state index < -0.39 is 0 Å². The van der Waals surface area contributed by atoms with Crippen molar-refractivity contribution in [2.45, 2.75) is 38.7 Å². The number of phenolic OH excluding ortho intramolecular Hbond substituents is 2. The van der Waals surface area contributed by atoms with Crippen molar-refractivity contribution in [3.63, 3.8) is 0 Å². The molecule has 0 saturated heterocycles. The van der Waals surface area contributed by atoms with Crippen LogP contribution in [0.25, 0.3) is 0 Å². The molecule has 0 aliphatic heterocycles. The van der Waals surface area contributed by atoms with Crippen LogP contribution in [0.5, 0.6) is 11.5 Å². The number of aromatic hydroxyl groups is 2. The van der Waals surface area contributed by atoms with Crippen molar-refractivity contribution in [3.8, 4) is 11.5 Å². The quantitative estimate of drug-likeness (QED) is 0.697. The molecule has 0 fully saturated rings. The highest BCUT2D eigenvalue weighted by atomic mass is 16.5. The molecule has 2 aliphatic carbocycles. The Morgan fingerprint density at radius 3 is 2.31 bits per heavy atom. The maximum Gasteiger partial charge on any atom is 0.197 e. The van der Waals surface area contributed by atoms with Gasteiger partial charge in [-0.1, -0.05) is 19.9 Å². The lowest BCUT2D eigenvalue weighted by Crippen LogP contribution is -2.30. The number of rotatable bonds is 2. The van der Waals surface area contributed by atoms with Crippen LogP contribution >= 0.6 is 0 Å². The number of phenols is 2. The van der Waals surface area contributed by atoms with Crippen LogP contribution in [0.15, 0.2) is 24.0 Å². The number of carbonyl (C=O) groups is 1. The first-order valence-corrected chi connectivity index (χ1v) is 8.93. The number of nitrogens with one attached hydrogen (secondary N) is 1. The third-order valence-corrected chi connectivity index (χ3v) is 4.50. The van der Waals surface area contributed by atoms with Gasteiger partial charge in [0.2, 0.25) is 0 Å². The van der Waals surface area contributed by atoms with Crippen LogP contribution in [-0.4, -0.2) is 44.3 Å². The molecule has 0 saturated carbocycles. The molecule has 0 amide bonds.